The molecule has 2 N–H and O–H groups in total. The van der Waals surface area contributed by atoms with Gasteiger partial charge in [-0.25, -0.2) is 0 Å². The van der Waals surface area contributed by atoms with Crippen LogP contribution in [0.15, 0.2) is 0 Å². The number of hydrogen-bond acceptors (Lipinski definition) is 3. The van der Waals surface area contributed by atoms with Gasteiger partial charge in [0.2, 0.25) is 0 Å². The van der Waals surface area contributed by atoms with Crippen molar-refractivity contribution >= 4 is 10.2 Å². The van der Waals surface area contributed by atoms with E-state index in [1.165, 1.54) is 0 Å². The standard InChI is InChI=1S/C15H31N3O2S/c1-4-9-16-11-13-6-5-10-18(12-13)21(19,20)17-15(2,3)14-7-8-14/h13-14,16-17H,4-12H2,1-3H3. The summed E-state index contributed by atoms with van der Waals surface area (Å²) in [5.41, 5.74) is -0.313. The largest absolute Gasteiger partial charge is 0.316 e. The van der Waals surface area contributed by atoms with Crippen LogP contribution in [0.25, 0.3) is 0 Å². The van der Waals surface area contributed by atoms with Crippen molar-refractivity contribution in [2.45, 2.75) is 58.4 Å². The summed E-state index contributed by atoms with van der Waals surface area (Å²) in [6, 6.07) is 0. The minimum atomic E-state index is -3.35. The molecule has 2 aliphatic rings. The van der Waals surface area contributed by atoms with Gasteiger partial charge in [0.25, 0.3) is 10.2 Å². The summed E-state index contributed by atoms with van der Waals surface area (Å²) in [4.78, 5) is 0. The molecule has 21 heavy (non-hydrogen) atoms. The molecule has 1 heterocycles. The van der Waals surface area contributed by atoms with Crippen molar-refractivity contribution in [2.24, 2.45) is 11.8 Å². The van der Waals surface area contributed by atoms with Gasteiger partial charge in [-0.1, -0.05) is 6.92 Å². The summed E-state index contributed by atoms with van der Waals surface area (Å²) < 4.78 is 29.8. The van der Waals surface area contributed by atoms with Gasteiger partial charge in [-0.3, -0.25) is 0 Å². The number of piperidine rings is 1. The van der Waals surface area contributed by atoms with Crippen LogP contribution >= 0.6 is 0 Å². The lowest BCUT2D eigenvalue weighted by Gasteiger charge is -2.35. The van der Waals surface area contributed by atoms with Gasteiger partial charge in [0, 0.05) is 18.6 Å². The van der Waals surface area contributed by atoms with E-state index in [0.29, 0.717) is 24.9 Å². The first-order chi connectivity index (χ1) is 9.85. The normalized spacial score (nSPS) is 25.2. The maximum atomic E-state index is 12.6. The molecule has 1 atom stereocenters. The monoisotopic (exact) mass is 317 g/mol. The molecule has 1 saturated carbocycles. The van der Waals surface area contributed by atoms with E-state index in [4.69, 9.17) is 0 Å². The molecule has 6 heteroatoms. The second-order valence-electron chi connectivity index (χ2n) is 7.17. The van der Waals surface area contributed by atoms with Crippen molar-refractivity contribution in [3.05, 3.63) is 0 Å². The molecule has 0 spiro atoms. The average Bonchev–Trinajstić information content (AvgIpc) is 3.23. The molecule has 2 rings (SSSR count). The molecule has 0 bridgehead atoms. The molecule has 0 aromatic rings. The third-order valence-corrected chi connectivity index (χ3v) is 6.47. The molecule has 0 amide bonds. The first kappa shape index (κ1) is 17.2. The average molecular weight is 317 g/mol. The lowest BCUT2D eigenvalue weighted by molar-refractivity contribution is 0.252. The molecule has 1 aliphatic carbocycles. The van der Waals surface area contributed by atoms with Crippen molar-refractivity contribution in [3.8, 4) is 0 Å². The predicted molar refractivity (Wildman–Crippen MR) is 86.3 cm³/mol. The molecule has 1 aliphatic heterocycles. The van der Waals surface area contributed by atoms with Gasteiger partial charge in [-0.05, 0) is 70.9 Å². The molecular formula is C15H31N3O2S. The van der Waals surface area contributed by atoms with E-state index in [1.807, 2.05) is 13.8 Å². The van der Waals surface area contributed by atoms with Crippen LogP contribution in [0.1, 0.15) is 52.9 Å². The molecule has 124 valence electrons. The summed E-state index contributed by atoms with van der Waals surface area (Å²) in [5.74, 6) is 0.935. The number of rotatable bonds is 8. The lowest BCUT2D eigenvalue weighted by Crippen LogP contribution is -2.54. The smallest absolute Gasteiger partial charge is 0.279 e. The Morgan fingerprint density at radius 3 is 2.57 bits per heavy atom. The fourth-order valence-corrected chi connectivity index (χ4v) is 4.92. The highest BCUT2D eigenvalue weighted by Gasteiger charge is 2.42. The molecule has 0 aromatic carbocycles. The fraction of sp³-hybridized carbons (Fsp3) is 1.00. The molecule has 5 nitrogen and oxygen atoms in total. The maximum absolute atomic E-state index is 12.6. The summed E-state index contributed by atoms with van der Waals surface area (Å²) in [6.07, 6.45) is 5.47. The highest BCUT2D eigenvalue weighted by Crippen LogP contribution is 2.39. The number of nitrogens with one attached hydrogen (secondary N) is 2. The van der Waals surface area contributed by atoms with E-state index in [0.717, 1.165) is 45.2 Å². The van der Waals surface area contributed by atoms with Gasteiger partial charge in [0.15, 0.2) is 0 Å². The minimum absolute atomic E-state index is 0.313. The van der Waals surface area contributed by atoms with Gasteiger partial charge in [-0.2, -0.15) is 17.4 Å². The first-order valence-corrected chi connectivity index (χ1v) is 9.79. The van der Waals surface area contributed by atoms with E-state index < -0.39 is 10.2 Å². The molecule has 1 unspecified atom stereocenters. The minimum Gasteiger partial charge on any atom is -0.316 e. The van der Waals surface area contributed by atoms with Crippen LogP contribution in [0.3, 0.4) is 0 Å². The maximum Gasteiger partial charge on any atom is 0.279 e. The molecule has 1 saturated heterocycles. The SMILES string of the molecule is CCCNCC1CCCN(S(=O)(=O)NC(C)(C)C2CC2)C1. The Balaban J connectivity index is 1.89. The van der Waals surface area contributed by atoms with Crippen molar-refractivity contribution in [1.29, 1.82) is 0 Å². The van der Waals surface area contributed by atoms with Gasteiger partial charge in [0.05, 0.1) is 0 Å². The van der Waals surface area contributed by atoms with Crippen LogP contribution in [0.2, 0.25) is 0 Å². The second kappa shape index (κ2) is 6.94. The van der Waals surface area contributed by atoms with Crippen molar-refractivity contribution in [2.75, 3.05) is 26.2 Å². The van der Waals surface area contributed by atoms with E-state index in [1.54, 1.807) is 4.31 Å². The Morgan fingerprint density at radius 2 is 1.95 bits per heavy atom. The van der Waals surface area contributed by atoms with Gasteiger partial charge >= 0.3 is 0 Å². The zero-order valence-corrected chi connectivity index (χ0v) is 14.5. The Labute approximate surface area is 130 Å². The number of nitrogens with zero attached hydrogens (tertiary/aromatic N) is 1. The summed E-state index contributed by atoms with van der Waals surface area (Å²) in [6.45, 7) is 9.39. The quantitative estimate of drug-likeness (QED) is 0.670. The Bertz CT molecular complexity index is 432. The summed E-state index contributed by atoms with van der Waals surface area (Å²) in [7, 11) is -3.35. The topological polar surface area (TPSA) is 61.4 Å². The van der Waals surface area contributed by atoms with Crippen molar-refractivity contribution in [1.82, 2.24) is 14.3 Å². The van der Waals surface area contributed by atoms with E-state index in [-0.39, 0.29) is 5.54 Å². The first-order valence-electron chi connectivity index (χ1n) is 8.35. The van der Waals surface area contributed by atoms with Crippen LogP contribution in [0.5, 0.6) is 0 Å². The van der Waals surface area contributed by atoms with Crippen LogP contribution in [0.4, 0.5) is 0 Å². The highest BCUT2D eigenvalue weighted by atomic mass is 32.2. The number of hydrogen-bond donors (Lipinski definition) is 2. The van der Waals surface area contributed by atoms with Crippen molar-refractivity contribution < 1.29 is 8.42 Å². The van der Waals surface area contributed by atoms with Crippen molar-refractivity contribution in [3.63, 3.8) is 0 Å². The van der Waals surface area contributed by atoms with E-state index >= 15 is 0 Å². The lowest BCUT2D eigenvalue weighted by atomic mass is 10.00. The van der Waals surface area contributed by atoms with E-state index in [9.17, 15) is 8.42 Å². The van der Waals surface area contributed by atoms with Crippen LogP contribution < -0.4 is 10.0 Å². The molecule has 0 aromatic heterocycles. The van der Waals surface area contributed by atoms with Gasteiger partial charge in [-0.15, -0.1) is 0 Å². The fourth-order valence-electron chi connectivity index (χ4n) is 3.18. The van der Waals surface area contributed by atoms with Crippen LogP contribution in [0, 0.1) is 11.8 Å². The zero-order valence-electron chi connectivity index (χ0n) is 13.7. The van der Waals surface area contributed by atoms with Crippen LogP contribution in [-0.4, -0.2) is 44.4 Å². The summed E-state index contributed by atoms with van der Waals surface area (Å²) in [5, 5.41) is 3.41. The molecule has 0 radical (unpaired) electrons. The van der Waals surface area contributed by atoms with Crippen LogP contribution in [-0.2, 0) is 10.2 Å². The Morgan fingerprint density at radius 1 is 1.24 bits per heavy atom. The zero-order chi connectivity index (χ0) is 15.5. The third kappa shape index (κ3) is 4.91. The van der Waals surface area contributed by atoms with Gasteiger partial charge < -0.3 is 5.32 Å². The Hall–Kier alpha value is -0.170. The third-order valence-electron chi connectivity index (χ3n) is 4.67. The van der Waals surface area contributed by atoms with Gasteiger partial charge in [0.1, 0.15) is 0 Å². The highest BCUT2D eigenvalue weighted by molar-refractivity contribution is 7.87. The Kier molecular flexibility index (Phi) is 5.68. The second-order valence-corrected chi connectivity index (χ2v) is 8.84. The predicted octanol–water partition coefficient (Wildman–Crippen LogP) is 1.72. The molecule has 2 fully saturated rings. The summed E-state index contributed by atoms with van der Waals surface area (Å²) >= 11 is 0. The van der Waals surface area contributed by atoms with E-state index in [2.05, 4.69) is 17.0 Å². The molecular weight excluding hydrogens is 286 g/mol.